The summed E-state index contributed by atoms with van der Waals surface area (Å²) in [5.41, 5.74) is 3.07. The summed E-state index contributed by atoms with van der Waals surface area (Å²) in [4.78, 5) is 11.3. The highest BCUT2D eigenvalue weighted by molar-refractivity contribution is 6.17. The summed E-state index contributed by atoms with van der Waals surface area (Å²) in [6, 6.07) is 8.19. The number of aryl methyl sites for hydroxylation is 1. The second kappa shape index (κ2) is 6.00. The zero-order valence-electron chi connectivity index (χ0n) is 12.4. The molecule has 3 aromatic rings. The van der Waals surface area contributed by atoms with Crippen LogP contribution >= 0.6 is 11.6 Å². The quantitative estimate of drug-likeness (QED) is 0.678. The van der Waals surface area contributed by atoms with Crippen molar-refractivity contribution >= 4 is 33.5 Å². The Hall–Kier alpha value is -1.65. The Balaban J connectivity index is 2.12. The van der Waals surface area contributed by atoms with Crippen molar-refractivity contribution < 1.29 is 0 Å². The van der Waals surface area contributed by atoms with E-state index in [0.717, 1.165) is 47.3 Å². The van der Waals surface area contributed by atoms with Crippen molar-refractivity contribution in [2.24, 2.45) is 0 Å². The van der Waals surface area contributed by atoms with Crippen LogP contribution in [-0.2, 0) is 12.4 Å². The number of aromatic nitrogens is 3. The van der Waals surface area contributed by atoms with E-state index in [1.54, 1.807) is 0 Å². The molecule has 0 aliphatic carbocycles. The average molecular weight is 303 g/mol. The predicted molar refractivity (Wildman–Crippen MR) is 87.8 cm³/mol. The zero-order chi connectivity index (χ0) is 14.8. The first-order valence-electron chi connectivity index (χ1n) is 7.14. The molecule has 0 N–H and O–H groups in total. The maximum Gasteiger partial charge on any atom is 0.124 e. The highest BCUT2D eigenvalue weighted by Crippen LogP contribution is 2.25. The van der Waals surface area contributed by atoms with Crippen molar-refractivity contribution in [3.05, 3.63) is 36.3 Å². The number of hydrogen-bond donors (Lipinski definition) is 0. The van der Waals surface area contributed by atoms with E-state index in [9.17, 15) is 0 Å². The van der Waals surface area contributed by atoms with E-state index in [1.807, 2.05) is 24.4 Å². The molecule has 0 unspecified atom stereocenters. The molecule has 0 amide bonds. The highest BCUT2D eigenvalue weighted by Gasteiger charge is 2.13. The third-order valence-corrected chi connectivity index (χ3v) is 3.90. The molecule has 21 heavy (non-hydrogen) atoms. The minimum atomic E-state index is 0.422. The summed E-state index contributed by atoms with van der Waals surface area (Å²) in [5.74, 6) is 1.34. The fourth-order valence-electron chi connectivity index (χ4n) is 2.70. The van der Waals surface area contributed by atoms with Crippen LogP contribution in [0.2, 0.25) is 0 Å². The third kappa shape index (κ3) is 2.74. The van der Waals surface area contributed by atoms with Gasteiger partial charge in [-0.15, -0.1) is 11.6 Å². The van der Waals surface area contributed by atoms with Crippen LogP contribution in [0, 0.1) is 0 Å². The third-order valence-electron chi connectivity index (χ3n) is 3.67. The van der Waals surface area contributed by atoms with Crippen molar-refractivity contribution in [1.82, 2.24) is 19.4 Å². The van der Waals surface area contributed by atoms with E-state index in [4.69, 9.17) is 11.6 Å². The Labute approximate surface area is 129 Å². The van der Waals surface area contributed by atoms with Crippen LogP contribution in [0.25, 0.3) is 21.9 Å². The second-order valence-corrected chi connectivity index (χ2v) is 5.75. The van der Waals surface area contributed by atoms with Gasteiger partial charge in [-0.1, -0.05) is 18.2 Å². The Kier molecular flexibility index (Phi) is 4.08. The standard InChI is InChI=1S/C16H19ClN4/c1-20(2)8-5-9-21-15(10-17)19-14-11-18-13-7-4-3-6-12(13)16(14)21/h3-4,6-7,11H,5,8-10H2,1-2H3. The summed E-state index contributed by atoms with van der Waals surface area (Å²) in [6.07, 6.45) is 2.91. The normalized spacial score (nSPS) is 11.8. The van der Waals surface area contributed by atoms with Gasteiger partial charge in [-0.3, -0.25) is 4.98 Å². The lowest BCUT2D eigenvalue weighted by Crippen LogP contribution is -2.15. The van der Waals surface area contributed by atoms with Crippen molar-refractivity contribution in [3.8, 4) is 0 Å². The molecule has 2 heterocycles. The van der Waals surface area contributed by atoms with Gasteiger partial charge in [0.25, 0.3) is 0 Å². The van der Waals surface area contributed by atoms with Gasteiger partial charge in [0.05, 0.1) is 23.1 Å². The van der Waals surface area contributed by atoms with Crippen molar-refractivity contribution in [2.75, 3.05) is 20.6 Å². The second-order valence-electron chi connectivity index (χ2n) is 5.48. The smallest absolute Gasteiger partial charge is 0.124 e. The molecule has 0 radical (unpaired) electrons. The molecule has 0 saturated carbocycles. The van der Waals surface area contributed by atoms with Crippen LogP contribution in [0.5, 0.6) is 0 Å². The minimum absolute atomic E-state index is 0.422. The molecule has 1 aromatic carbocycles. The van der Waals surface area contributed by atoms with Crippen LogP contribution in [-0.4, -0.2) is 40.1 Å². The first-order chi connectivity index (χ1) is 10.2. The molecule has 5 heteroatoms. The topological polar surface area (TPSA) is 34.0 Å². The van der Waals surface area contributed by atoms with E-state index in [-0.39, 0.29) is 0 Å². The average Bonchev–Trinajstić information content (AvgIpc) is 2.85. The number of rotatable bonds is 5. The Bertz CT molecular complexity index is 763. The largest absolute Gasteiger partial charge is 0.326 e. The molecule has 0 aliphatic heterocycles. The Morgan fingerprint density at radius 1 is 1.19 bits per heavy atom. The van der Waals surface area contributed by atoms with Crippen LogP contribution < -0.4 is 0 Å². The molecule has 110 valence electrons. The number of fused-ring (bicyclic) bond motifs is 3. The summed E-state index contributed by atoms with van der Waals surface area (Å²) in [7, 11) is 4.18. The summed E-state index contributed by atoms with van der Waals surface area (Å²) >= 11 is 6.08. The van der Waals surface area contributed by atoms with Gasteiger partial charge in [-0.05, 0) is 33.1 Å². The molecular weight excluding hydrogens is 284 g/mol. The van der Waals surface area contributed by atoms with Gasteiger partial charge in [0.2, 0.25) is 0 Å². The minimum Gasteiger partial charge on any atom is -0.326 e. The van der Waals surface area contributed by atoms with Gasteiger partial charge < -0.3 is 9.47 Å². The molecule has 4 nitrogen and oxygen atoms in total. The molecule has 0 spiro atoms. The summed E-state index contributed by atoms with van der Waals surface area (Å²) < 4.78 is 2.25. The van der Waals surface area contributed by atoms with Crippen molar-refractivity contribution in [1.29, 1.82) is 0 Å². The lowest BCUT2D eigenvalue weighted by molar-refractivity contribution is 0.386. The van der Waals surface area contributed by atoms with E-state index in [2.05, 4.69) is 39.6 Å². The van der Waals surface area contributed by atoms with Crippen LogP contribution in [0.4, 0.5) is 0 Å². The number of hydrogen-bond acceptors (Lipinski definition) is 3. The molecular formula is C16H19ClN4. The number of pyridine rings is 1. The van der Waals surface area contributed by atoms with E-state index >= 15 is 0 Å². The van der Waals surface area contributed by atoms with Gasteiger partial charge >= 0.3 is 0 Å². The van der Waals surface area contributed by atoms with Crippen LogP contribution in [0.3, 0.4) is 0 Å². The fraction of sp³-hybridized carbons (Fsp3) is 0.375. The van der Waals surface area contributed by atoms with E-state index in [0.29, 0.717) is 5.88 Å². The van der Waals surface area contributed by atoms with Gasteiger partial charge in [-0.2, -0.15) is 0 Å². The number of alkyl halides is 1. The zero-order valence-corrected chi connectivity index (χ0v) is 13.1. The van der Waals surface area contributed by atoms with Gasteiger partial charge in [0.1, 0.15) is 11.3 Å². The van der Waals surface area contributed by atoms with Crippen LogP contribution in [0.1, 0.15) is 12.2 Å². The first kappa shape index (κ1) is 14.3. The molecule has 0 fully saturated rings. The molecule has 0 aliphatic rings. The lowest BCUT2D eigenvalue weighted by Gasteiger charge is -2.12. The summed E-state index contributed by atoms with van der Waals surface area (Å²) in [5, 5.41) is 1.14. The number of nitrogens with zero attached hydrogens (tertiary/aromatic N) is 4. The predicted octanol–water partition coefficient (Wildman–Crippen LogP) is 3.28. The Morgan fingerprint density at radius 3 is 2.76 bits per heavy atom. The monoisotopic (exact) mass is 302 g/mol. The SMILES string of the molecule is CN(C)CCCn1c(CCl)nc2cnc3ccccc3c21. The van der Waals surface area contributed by atoms with Crippen LogP contribution in [0.15, 0.2) is 30.5 Å². The number of halogens is 1. The van der Waals surface area contributed by atoms with Crippen molar-refractivity contribution in [3.63, 3.8) is 0 Å². The molecule has 0 bridgehead atoms. The summed E-state index contributed by atoms with van der Waals surface area (Å²) in [6.45, 7) is 1.97. The van der Waals surface area contributed by atoms with Gasteiger partial charge in [0.15, 0.2) is 0 Å². The number of imidazole rings is 1. The van der Waals surface area contributed by atoms with Crippen molar-refractivity contribution in [2.45, 2.75) is 18.8 Å². The first-order valence-corrected chi connectivity index (χ1v) is 7.67. The number of para-hydroxylation sites is 1. The van der Waals surface area contributed by atoms with Gasteiger partial charge in [0, 0.05) is 11.9 Å². The molecule has 3 rings (SSSR count). The fourth-order valence-corrected chi connectivity index (χ4v) is 2.90. The van der Waals surface area contributed by atoms with Gasteiger partial charge in [-0.25, -0.2) is 4.98 Å². The number of benzene rings is 1. The Morgan fingerprint density at radius 2 is 2.00 bits per heavy atom. The van der Waals surface area contributed by atoms with E-state index in [1.165, 1.54) is 0 Å². The molecule has 2 aromatic heterocycles. The van der Waals surface area contributed by atoms with E-state index < -0.39 is 0 Å². The molecule has 0 atom stereocenters. The maximum atomic E-state index is 6.08. The maximum absolute atomic E-state index is 6.08. The lowest BCUT2D eigenvalue weighted by atomic mass is 10.2. The highest BCUT2D eigenvalue weighted by atomic mass is 35.5. The molecule has 0 saturated heterocycles.